The Morgan fingerprint density at radius 2 is 2.04 bits per heavy atom. The highest BCUT2D eigenvalue weighted by Crippen LogP contribution is 2.44. The Morgan fingerprint density at radius 3 is 2.79 bits per heavy atom. The average Bonchev–Trinajstić information content (AvgIpc) is 2.91. The van der Waals surface area contributed by atoms with Crippen molar-refractivity contribution in [1.29, 1.82) is 0 Å². The van der Waals surface area contributed by atoms with Crippen molar-refractivity contribution in [3.05, 3.63) is 59.3 Å². The van der Waals surface area contributed by atoms with Crippen LogP contribution in [0.5, 0.6) is 0 Å². The van der Waals surface area contributed by atoms with E-state index in [9.17, 15) is 14.7 Å². The molecule has 2 aromatic rings. The molecule has 5 heteroatoms. The molecule has 1 fully saturated rings. The quantitative estimate of drug-likeness (QED) is 0.923. The highest BCUT2D eigenvalue weighted by Gasteiger charge is 2.48. The Balaban J connectivity index is 1.65. The van der Waals surface area contributed by atoms with Crippen molar-refractivity contribution < 1.29 is 14.7 Å². The standard InChI is InChI=1S/C19H18N2O3/c22-17(23)14-5-4-13-6-7-19(12-15(13)11-14)8-10-21(18(19)24)16-3-1-2-9-20-16/h1-5,9,11H,6-8,10,12H2,(H,22,23)/t19-/m0/s1. The maximum Gasteiger partial charge on any atom is 0.335 e. The van der Waals surface area contributed by atoms with Gasteiger partial charge in [0.1, 0.15) is 5.82 Å². The lowest BCUT2D eigenvalue weighted by Crippen LogP contribution is -2.39. The van der Waals surface area contributed by atoms with Gasteiger partial charge in [-0.15, -0.1) is 0 Å². The van der Waals surface area contributed by atoms with Gasteiger partial charge in [0, 0.05) is 12.7 Å². The topological polar surface area (TPSA) is 70.5 Å². The Labute approximate surface area is 139 Å². The van der Waals surface area contributed by atoms with Crippen molar-refractivity contribution in [2.75, 3.05) is 11.4 Å². The van der Waals surface area contributed by atoms with Crippen molar-refractivity contribution in [1.82, 2.24) is 4.98 Å². The molecule has 1 atom stereocenters. The van der Waals surface area contributed by atoms with Crippen LogP contribution in [0.25, 0.3) is 0 Å². The Bertz CT molecular complexity index is 819. The van der Waals surface area contributed by atoms with Crippen LogP contribution in [-0.4, -0.2) is 28.5 Å². The fourth-order valence-electron chi connectivity index (χ4n) is 3.94. The first-order valence-electron chi connectivity index (χ1n) is 8.17. The maximum atomic E-state index is 13.1. The molecule has 0 saturated carbocycles. The van der Waals surface area contributed by atoms with Crippen LogP contribution in [0.4, 0.5) is 5.82 Å². The molecule has 5 nitrogen and oxygen atoms in total. The zero-order chi connectivity index (χ0) is 16.7. The summed E-state index contributed by atoms with van der Waals surface area (Å²) in [6.45, 7) is 0.670. The third kappa shape index (κ3) is 2.28. The number of carbonyl (C=O) groups excluding carboxylic acids is 1. The molecule has 1 aliphatic carbocycles. The van der Waals surface area contributed by atoms with Crippen LogP contribution >= 0.6 is 0 Å². The number of rotatable bonds is 2. The van der Waals surface area contributed by atoms with E-state index >= 15 is 0 Å². The first-order chi connectivity index (χ1) is 11.6. The molecule has 2 heterocycles. The molecule has 4 rings (SSSR count). The molecule has 1 amide bonds. The predicted molar refractivity (Wildman–Crippen MR) is 89.1 cm³/mol. The molecule has 1 aromatic carbocycles. The number of aromatic nitrogens is 1. The fraction of sp³-hybridized carbons (Fsp3) is 0.316. The largest absolute Gasteiger partial charge is 0.478 e. The van der Waals surface area contributed by atoms with Crippen molar-refractivity contribution >= 4 is 17.7 Å². The minimum absolute atomic E-state index is 0.118. The number of aryl methyl sites for hydroxylation is 1. The molecule has 1 spiro atoms. The van der Waals surface area contributed by atoms with Crippen molar-refractivity contribution in [3.63, 3.8) is 0 Å². The second kappa shape index (κ2) is 5.44. The van der Waals surface area contributed by atoms with Gasteiger partial charge in [-0.1, -0.05) is 12.1 Å². The smallest absolute Gasteiger partial charge is 0.335 e. The van der Waals surface area contributed by atoms with Gasteiger partial charge in [-0.25, -0.2) is 9.78 Å². The zero-order valence-corrected chi connectivity index (χ0v) is 13.2. The van der Waals surface area contributed by atoms with Gasteiger partial charge in [-0.05, 0) is 61.1 Å². The van der Waals surface area contributed by atoms with Gasteiger partial charge >= 0.3 is 5.97 Å². The van der Waals surface area contributed by atoms with Crippen LogP contribution in [0.15, 0.2) is 42.6 Å². The second-order valence-corrected chi connectivity index (χ2v) is 6.64. The van der Waals surface area contributed by atoms with Crippen molar-refractivity contribution in [2.45, 2.75) is 25.7 Å². The van der Waals surface area contributed by atoms with Crippen LogP contribution in [0.3, 0.4) is 0 Å². The van der Waals surface area contributed by atoms with E-state index in [0.29, 0.717) is 18.8 Å². The molecule has 0 radical (unpaired) electrons. The molecule has 1 aliphatic heterocycles. The van der Waals surface area contributed by atoms with E-state index in [0.717, 1.165) is 30.4 Å². The van der Waals surface area contributed by atoms with Gasteiger partial charge in [-0.2, -0.15) is 0 Å². The maximum absolute atomic E-state index is 13.1. The number of carboxylic acids is 1. The molecule has 0 unspecified atom stereocenters. The summed E-state index contributed by atoms with van der Waals surface area (Å²) in [5.74, 6) is -0.109. The van der Waals surface area contributed by atoms with Gasteiger partial charge < -0.3 is 5.11 Å². The number of carbonyl (C=O) groups is 2. The number of anilines is 1. The lowest BCUT2D eigenvalue weighted by Gasteiger charge is -2.33. The summed E-state index contributed by atoms with van der Waals surface area (Å²) in [6, 6.07) is 10.9. The first-order valence-corrected chi connectivity index (χ1v) is 8.17. The van der Waals surface area contributed by atoms with E-state index in [4.69, 9.17) is 0 Å². The van der Waals surface area contributed by atoms with Crippen LogP contribution in [0, 0.1) is 5.41 Å². The number of hydrogen-bond acceptors (Lipinski definition) is 3. The van der Waals surface area contributed by atoms with E-state index < -0.39 is 11.4 Å². The molecule has 0 bridgehead atoms. The van der Waals surface area contributed by atoms with Crippen LogP contribution < -0.4 is 4.90 Å². The number of benzene rings is 1. The molecular formula is C19H18N2O3. The zero-order valence-electron chi connectivity index (χ0n) is 13.2. The second-order valence-electron chi connectivity index (χ2n) is 6.64. The van der Waals surface area contributed by atoms with Gasteiger partial charge in [0.2, 0.25) is 5.91 Å². The molecule has 1 N–H and O–H groups in total. The Hall–Kier alpha value is -2.69. The number of carboxylic acid groups (broad SMARTS) is 1. The number of hydrogen-bond donors (Lipinski definition) is 1. The van der Waals surface area contributed by atoms with E-state index in [1.807, 2.05) is 24.3 Å². The lowest BCUT2D eigenvalue weighted by atomic mass is 9.70. The highest BCUT2D eigenvalue weighted by molar-refractivity contribution is 5.99. The average molecular weight is 322 g/mol. The highest BCUT2D eigenvalue weighted by atomic mass is 16.4. The fourth-order valence-corrected chi connectivity index (χ4v) is 3.94. The summed E-state index contributed by atoms with van der Waals surface area (Å²) in [7, 11) is 0. The number of amides is 1. The van der Waals surface area contributed by atoms with E-state index in [1.165, 1.54) is 0 Å². The summed E-state index contributed by atoms with van der Waals surface area (Å²) in [5.41, 5.74) is 2.03. The van der Waals surface area contributed by atoms with Gasteiger partial charge in [0.25, 0.3) is 0 Å². The van der Waals surface area contributed by atoms with Crippen LogP contribution in [0.2, 0.25) is 0 Å². The third-order valence-electron chi connectivity index (χ3n) is 5.29. The van der Waals surface area contributed by atoms with Gasteiger partial charge in [0.05, 0.1) is 11.0 Å². The van der Waals surface area contributed by atoms with Gasteiger partial charge in [-0.3, -0.25) is 9.69 Å². The van der Waals surface area contributed by atoms with E-state index in [-0.39, 0.29) is 11.5 Å². The third-order valence-corrected chi connectivity index (χ3v) is 5.29. The van der Waals surface area contributed by atoms with E-state index in [1.54, 1.807) is 23.2 Å². The monoisotopic (exact) mass is 322 g/mol. The summed E-state index contributed by atoms with van der Waals surface area (Å²) in [5, 5.41) is 9.20. The molecule has 1 saturated heterocycles. The number of aromatic carboxylic acids is 1. The van der Waals surface area contributed by atoms with E-state index in [2.05, 4.69) is 4.98 Å². The van der Waals surface area contributed by atoms with Crippen molar-refractivity contribution in [3.8, 4) is 0 Å². The number of nitrogens with zero attached hydrogens (tertiary/aromatic N) is 2. The van der Waals surface area contributed by atoms with Crippen molar-refractivity contribution in [2.24, 2.45) is 5.41 Å². The predicted octanol–water partition coefficient (Wildman–Crippen LogP) is 2.69. The van der Waals surface area contributed by atoms with Gasteiger partial charge in [0.15, 0.2) is 0 Å². The SMILES string of the molecule is O=C(O)c1ccc2c(c1)C[C@]1(CC2)CCN(c2ccccn2)C1=O. The molecule has 122 valence electrons. The molecule has 24 heavy (non-hydrogen) atoms. The lowest BCUT2D eigenvalue weighted by molar-refractivity contribution is -0.126. The summed E-state index contributed by atoms with van der Waals surface area (Å²) < 4.78 is 0. The number of pyridine rings is 1. The van der Waals surface area contributed by atoms with Crippen LogP contribution in [-0.2, 0) is 17.6 Å². The Kier molecular flexibility index (Phi) is 3.37. The minimum Gasteiger partial charge on any atom is -0.478 e. The summed E-state index contributed by atoms with van der Waals surface area (Å²) in [4.78, 5) is 30.4. The first kappa shape index (κ1) is 14.9. The summed E-state index contributed by atoms with van der Waals surface area (Å²) >= 11 is 0. The molecular weight excluding hydrogens is 304 g/mol. The molecule has 2 aliphatic rings. The minimum atomic E-state index is -0.926. The molecule has 1 aromatic heterocycles. The normalized spacial score (nSPS) is 22.7. The Morgan fingerprint density at radius 1 is 1.17 bits per heavy atom. The summed E-state index contributed by atoms with van der Waals surface area (Å²) in [6.07, 6.45) is 4.74. The van der Waals surface area contributed by atoms with Crippen LogP contribution in [0.1, 0.15) is 34.3 Å². The number of fused-ring (bicyclic) bond motifs is 1.